The van der Waals surface area contributed by atoms with Gasteiger partial charge in [0.1, 0.15) is 0 Å². The van der Waals surface area contributed by atoms with Gasteiger partial charge in [-0.1, -0.05) is 99.6 Å². The van der Waals surface area contributed by atoms with Crippen LogP contribution >= 0.6 is 7.60 Å². The van der Waals surface area contributed by atoms with Crippen LogP contribution in [0.25, 0.3) is 0 Å². The minimum atomic E-state index is -3.26. The molecule has 0 N–H and O–H groups in total. The Bertz CT molecular complexity index is 1250. The summed E-state index contributed by atoms with van der Waals surface area (Å²) in [6.07, 6.45) is 0.887. The molecule has 0 amide bonds. The summed E-state index contributed by atoms with van der Waals surface area (Å²) in [6, 6.07) is 30.0. The second-order valence-electron chi connectivity index (χ2n) is 11.3. The number of benzene rings is 3. The molecule has 1 heterocycles. The quantitative estimate of drug-likeness (QED) is 0.115. The van der Waals surface area contributed by atoms with E-state index in [0.717, 1.165) is 6.42 Å². The number of rotatable bonds is 13. The Balaban J connectivity index is 0.000000448. The molecular formula is C34H47O8PSi. The van der Waals surface area contributed by atoms with Crippen LogP contribution in [0.4, 0.5) is 0 Å². The number of hydrogen-bond donors (Lipinski definition) is 0. The minimum absolute atomic E-state index is 0.0914. The van der Waals surface area contributed by atoms with Gasteiger partial charge in [-0.05, 0) is 47.8 Å². The van der Waals surface area contributed by atoms with Gasteiger partial charge in [-0.15, -0.1) is 0 Å². The van der Waals surface area contributed by atoms with Gasteiger partial charge in [0.25, 0.3) is 8.32 Å². The van der Waals surface area contributed by atoms with Crippen molar-refractivity contribution in [1.29, 1.82) is 0 Å². The number of carbonyl (C=O) groups is 1. The summed E-state index contributed by atoms with van der Waals surface area (Å²) >= 11 is 0. The highest BCUT2D eigenvalue weighted by molar-refractivity contribution is 7.53. The topological polar surface area (TPSA) is 89.5 Å². The number of hydrogen-bond acceptors (Lipinski definition) is 8. The maximum atomic E-state index is 12.7. The predicted octanol–water partition coefficient (Wildman–Crippen LogP) is 6.78. The van der Waals surface area contributed by atoms with Crippen molar-refractivity contribution in [2.45, 2.75) is 64.9 Å². The molecule has 10 heteroatoms. The molecule has 3 aromatic carbocycles. The Morgan fingerprint density at radius 1 is 0.841 bits per heavy atom. The SMILES string of the molecule is CCOP(=O)(CO[C@@H]1CC[C@@H](CO[Si](c2ccccc2)(c2ccccc2)C(C)(C)C)O1)OCC.COC(=O)c1ccccc1. The average Bonchev–Trinajstić information content (AvgIpc) is 3.49. The second-order valence-corrected chi connectivity index (χ2v) is 17.6. The zero-order valence-electron chi connectivity index (χ0n) is 26.8. The molecule has 0 spiro atoms. The van der Waals surface area contributed by atoms with E-state index in [1.807, 2.05) is 18.2 Å². The van der Waals surface area contributed by atoms with E-state index in [-0.39, 0.29) is 23.5 Å². The fraction of sp³-hybridized carbons (Fsp3) is 0.441. The Morgan fingerprint density at radius 2 is 1.34 bits per heavy atom. The molecule has 4 rings (SSSR count). The molecule has 0 aromatic heterocycles. The third-order valence-corrected chi connectivity index (χ3v) is 14.0. The highest BCUT2D eigenvalue weighted by Gasteiger charge is 2.50. The number of carbonyl (C=O) groups excluding carboxylic acids is 1. The molecule has 44 heavy (non-hydrogen) atoms. The van der Waals surface area contributed by atoms with E-state index in [9.17, 15) is 9.36 Å². The van der Waals surface area contributed by atoms with Crippen LogP contribution in [0.5, 0.6) is 0 Å². The highest BCUT2D eigenvalue weighted by Crippen LogP contribution is 2.48. The normalized spacial score (nSPS) is 17.0. The molecule has 2 atom stereocenters. The van der Waals surface area contributed by atoms with Crippen LogP contribution < -0.4 is 10.4 Å². The van der Waals surface area contributed by atoms with Crippen LogP contribution in [0, 0.1) is 0 Å². The maximum Gasteiger partial charge on any atom is 0.356 e. The summed E-state index contributed by atoms with van der Waals surface area (Å²) in [5.41, 5.74) is 0.588. The average molecular weight is 643 g/mol. The van der Waals surface area contributed by atoms with Gasteiger partial charge in [0.2, 0.25) is 0 Å². The first-order valence-electron chi connectivity index (χ1n) is 15.1. The van der Waals surface area contributed by atoms with Gasteiger partial charge >= 0.3 is 13.6 Å². The van der Waals surface area contributed by atoms with Crippen molar-refractivity contribution in [2.24, 2.45) is 0 Å². The predicted molar refractivity (Wildman–Crippen MR) is 176 cm³/mol. The molecule has 8 nitrogen and oxygen atoms in total. The molecule has 1 aliphatic rings. The fourth-order valence-corrected chi connectivity index (χ4v) is 11.2. The van der Waals surface area contributed by atoms with Crippen LogP contribution in [0.2, 0.25) is 5.04 Å². The van der Waals surface area contributed by atoms with Gasteiger partial charge in [-0.2, -0.15) is 0 Å². The standard InChI is InChI=1S/C26H39O6PSi.C8H8O2/c1-6-29-33(27,30-7-2)21-28-25-19-18-22(32-25)20-31-34(26(3,4)5,23-14-10-8-11-15-23)24-16-12-9-13-17-24;1-10-8(9)7-5-3-2-4-6-7/h8-17,22,25H,6-7,18-21H2,1-5H3;2-6H,1H3/t22-,25-;/m0./s1. The van der Waals surface area contributed by atoms with Crippen molar-refractivity contribution in [1.82, 2.24) is 0 Å². The third-order valence-electron chi connectivity index (χ3n) is 7.24. The third kappa shape index (κ3) is 9.69. The Labute approximate surface area is 263 Å². The summed E-state index contributed by atoms with van der Waals surface area (Å²) < 4.78 is 46.7. The largest absolute Gasteiger partial charge is 0.465 e. The first-order valence-corrected chi connectivity index (χ1v) is 18.8. The van der Waals surface area contributed by atoms with Gasteiger partial charge in [0, 0.05) is 6.42 Å². The van der Waals surface area contributed by atoms with Gasteiger partial charge in [0.15, 0.2) is 12.6 Å². The molecule has 0 saturated carbocycles. The molecule has 1 aliphatic heterocycles. The van der Waals surface area contributed by atoms with Crippen LogP contribution in [0.1, 0.15) is 57.8 Å². The monoisotopic (exact) mass is 642 g/mol. The smallest absolute Gasteiger partial charge is 0.356 e. The van der Waals surface area contributed by atoms with Gasteiger partial charge in [-0.25, -0.2) is 4.79 Å². The molecule has 0 radical (unpaired) electrons. The van der Waals surface area contributed by atoms with Crippen LogP contribution in [0.15, 0.2) is 91.0 Å². The molecule has 240 valence electrons. The number of esters is 1. The maximum absolute atomic E-state index is 12.7. The Morgan fingerprint density at radius 3 is 1.80 bits per heavy atom. The van der Waals surface area contributed by atoms with E-state index in [1.54, 1.807) is 38.1 Å². The van der Waals surface area contributed by atoms with Gasteiger partial charge in [-0.3, -0.25) is 4.57 Å². The molecule has 3 aromatic rings. The summed E-state index contributed by atoms with van der Waals surface area (Å²) in [5.74, 6) is -0.291. The molecule has 1 fully saturated rings. The molecule has 1 saturated heterocycles. The van der Waals surface area contributed by atoms with E-state index in [1.165, 1.54) is 17.5 Å². The second kappa shape index (κ2) is 17.2. The lowest BCUT2D eigenvalue weighted by atomic mass is 10.2. The van der Waals surface area contributed by atoms with E-state index in [0.29, 0.717) is 31.8 Å². The van der Waals surface area contributed by atoms with Crippen molar-refractivity contribution >= 4 is 32.3 Å². The van der Waals surface area contributed by atoms with Crippen molar-refractivity contribution in [3.8, 4) is 0 Å². The molecule has 0 aliphatic carbocycles. The van der Waals surface area contributed by atoms with Crippen LogP contribution in [-0.4, -0.2) is 60.0 Å². The van der Waals surface area contributed by atoms with Crippen molar-refractivity contribution < 1.29 is 37.0 Å². The van der Waals surface area contributed by atoms with Crippen molar-refractivity contribution in [3.05, 3.63) is 96.6 Å². The van der Waals surface area contributed by atoms with E-state index < -0.39 is 22.2 Å². The number of ether oxygens (including phenoxy) is 3. The lowest BCUT2D eigenvalue weighted by molar-refractivity contribution is -0.130. The van der Waals surface area contributed by atoms with E-state index in [2.05, 4.69) is 74.0 Å². The summed E-state index contributed by atoms with van der Waals surface area (Å²) in [5, 5.41) is 2.40. The first kappa shape index (κ1) is 35.9. The Hall–Kier alpha value is -2.62. The van der Waals surface area contributed by atoms with Crippen LogP contribution in [-0.2, 0) is 32.2 Å². The van der Waals surface area contributed by atoms with Gasteiger partial charge < -0.3 is 27.7 Å². The Kier molecular flexibility index (Phi) is 14.0. The van der Waals surface area contributed by atoms with E-state index in [4.69, 9.17) is 22.9 Å². The van der Waals surface area contributed by atoms with E-state index >= 15 is 0 Å². The molecule has 0 unspecified atom stereocenters. The zero-order chi connectivity index (χ0) is 32.1. The molecule has 0 bridgehead atoms. The number of methoxy groups -OCH3 is 1. The van der Waals surface area contributed by atoms with Crippen LogP contribution in [0.3, 0.4) is 0 Å². The lowest BCUT2D eigenvalue weighted by Gasteiger charge is -2.43. The minimum Gasteiger partial charge on any atom is -0.465 e. The summed E-state index contributed by atoms with van der Waals surface area (Å²) in [6.45, 7) is 11.5. The zero-order valence-corrected chi connectivity index (χ0v) is 28.7. The lowest BCUT2D eigenvalue weighted by Crippen LogP contribution is -2.67. The van der Waals surface area contributed by atoms with Gasteiger partial charge in [0.05, 0.1) is 38.6 Å². The summed E-state index contributed by atoms with van der Waals surface area (Å²) in [7, 11) is -4.51. The molecular weight excluding hydrogens is 595 g/mol. The van der Waals surface area contributed by atoms with Crippen molar-refractivity contribution in [2.75, 3.05) is 33.3 Å². The van der Waals surface area contributed by atoms with Crippen molar-refractivity contribution in [3.63, 3.8) is 0 Å². The summed E-state index contributed by atoms with van der Waals surface area (Å²) in [4.78, 5) is 10.8. The fourth-order valence-electron chi connectivity index (χ4n) is 5.27. The first-order chi connectivity index (χ1) is 21.1. The highest BCUT2D eigenvalue weighted by atomic mass is 31.2.